The number of aliphatic imine (C=N–C) groups is 1. The Morgan fingerprint density at radius 3 is 2.36 bits per heavy atom. The molecule has 1 saturated heterocycles. The monoisotopic (exact) mass is 302 g/mol. The zero-order chi connectivity index (χ0) is 15.4. The molecule has 1 aliphatic heterocycles. The standard InChI is InChI=1S/C17H26N4O/c1-20-10-12-21(13-11-20)17(18-14-4-2-3-5-14)19-15-6-8-16(22)9-7-15/h6-9,14,22H,2-5,10-13H2,1H3,(H,18,19). The maximum absolute atomic E-state index is 9.42. The van der Waals surface area contributed by atoms with Crippen LogP contribution in [0.5, 0.6) is 5.75 Å². The Morgan fingerprint density at radius 1 is 1.09 bits per heavy atom. The highest BCUT2D eigenvalue weighted by molar-refractivity contribution is 5.94. The SMILES string of the molecule is CN1CCN(C(=NC2CCCC2)Nc2ccc(O)cc2)CC1. The highest BCUT2D eigenvalue weighted by Gasteiger charge is 2.21. The first kappa shape index (κ1) is 15.2. The molecule has 0 atom stereocenters. The Labute approximate surface area is 132 Å². The van der Waals surface area contributed by atoms with Crippen LogP contribution in [-0.2, 0) is 0 Å². The van der Waals surface area contributed by atoms with Gasteiger partial charge in [0.1, 0.15) is 5.75 Å². The summed E-state index contributed by atoms with van der Waals surface area (Å²) in [5, 5.41) is 12.9. The summed E-state index contributed by atoms with van der Waals surface area (Å²) in [4.78, 5) is 9.70. The lowest BCUT2D eigenvalue weighted by molar-refractivity contribution is 0.214. The normalized spacial score (nSPS) is 21.3. The fourth-order valence-electron chi connectivity index (χ4n) is 3.09. The number of nitrogens with one attached hydrogen (secondary N) is 1. The summed E-state index contributed by atoms with van der Waals surface area (Å²) in [6, 6.07) is 7.67. The van der Waals surface area contributed by atoms with Gasteiger partial charge in [-0.15, -0.1) is 0 Å². The van der Waals surface area contributed by atoms with Gasteiger partial charge in [-0.3, -0.25) is 0 Å². The van der Waals surface area contributed by atoms with E-state index in [0.717, 1.165) is 37.8 Å². The van der Waals surface area contributed by atoms with Gasteiger partial charge in [-0.2, -0.15) is 0 Å². The Morgan fingerprint density at radius 2 is 1.73 bits per heavy atom. The van der Waals surface area contributed by atoms with Gasteiger partial charge < -0.3 is 20.2 Å². The number of phenols is 1. The van der Waals surface area contributed by atoms with Gasteiger partial charge in [0.25, 0.3) is 0 Å². The van der Waals surface area contributed by atoms with E-state index in [1.54, 1.807) is 12.1 Å². The van der Waals surface area contributed by atoms with Gasteiger partial charge in [0.15, 0.2) is 5.96 Å². The summed E-state index contributed by atoms with van der Waals surface area (Å²) in [6.07, 6.45) is 5.00. The molecule has 1 saturated carbocycles. The zero-order valence-electron chi connectivity index (χ0n) is 13.3. The van der Waals surface area contributed by atoms with Crippen molar-refractivity contribution in [2.24, 2.45) is 4.99 Å². The van der Waals surface area contributed by atoms with E-state index in [1.165, 1.54) is 25.7 Å². The smallest absolute Gasteiger partial charge is 0.198 e. The zero-order valence-corrected chi connectivity index (χ0v) is 13.3. The molecule has 22 heavy (non-hydrogen) atoms. The average molecular weight is 302 g/mol. The summed E-state index contributed by atoms with van der Waals surface area (Å²) in [5.74, 6) is 1.28. The average Bonchev–Trinajstić information content (AvgIpc) is 3.03. The number of phenolic OH excluding ortho intramolecular Hbond substituents is 1. The summed E-state index contributed by atoms with van der Waals surface area (Å²) in [6.45, 7) is 4.15. The molecule has 5 nitrogen and oxygen atoms in total. The first-order valence-corrected chi connectivity index (χ1v) is 8.28. The van der Waals surface area contributed by atoms with E-state index in [9.17, 15) is 5.11 Å². The van der Waals surface area contributed by atoms with Crippen LogP contribution in [0.1, 0.15) is 25.7 Å². The van der Waals surface area contributed by atoms with E-state index in [4.69, 9.17) is 4.99 Å². The maximum atomic E-state index is 9.42. The van der Waals surface area contributed by atoms with Crippen molar-refractivity contribution < 1.29 is 5.11 Å². The van der Waals surface area contributed by atoms with Gasteiger partial charge in [0.05, 0.1) is 6.04 Å². The van der Waals surface area contributed by atoms with Gasteiger partial charge in [-0.05, 0) is 44.2 Å². The van der Waals surface area contributed by atoms with Gasteiger partial charge >= 0.3 is 0 Å². The van der Waals surface area contributed by atoms with E-state index in [1.807, 2.05) is 12.1 Å². The number of anilines is 1. The first-order chi connectivity index (χ1) is 10.7. The summed E-state index contributed by atoms with van der Waals surface area (Å²) < 4.78 is 0. The third kappa shape index (κ3) is 3.91. The number of guanidine groups is 1. The minimum atomic E-state index is 0.291. The number of nitrogens with zero attached hydrogens (tertiary/aromatic N) is 3. The van der Waals surface area contributed by atoms with Crippen LogP contribution in [0, 0.1) is 0 Å². The molecule has 1 aromatic rings. The number of likely N-dealkylation sites (N-methyl/N-ethyl adjacent to an activating group) is 1. The fraction of sp³-hybridized carbons (Fsp3) is 0.588. The number of hydrogen-bond acceptors (Lipinski definition) is 3. The number of piperazine rings is 1. The molecule has 120 valence electrons. The van der Waals surface area contributed by atoms with E-state index in [0.29, 0.717) is 11.8 Å². The molecule has 0 amide bonds. The van der Waals surface area contributed by atoms with Crippen LogP contribution in [0.3, 0.4) is 0 Å². The molecule has 0 unspecified atom stereocenters. The lowest BCUT2D eigenvalue weighted by Gasteiger charge is -2.35. The molecule has 3 rings (SSSR count). The predicted molar refractivity (Wildman–Crippen MR) is 90.5 cm³/mol. The van der Waals surface area contributed by atoms with Crippen LogP contribution in [0.2, 0.25) is 0 Å². The lowest BCUT2D eigenvalue weighted by atomic mass is 10.2. The first-order valence-electron chi connectivity index (χ1n) is 8.28. The molecule has 1 aliphatic carbocycles. The van der Waals surface area contributed by atoms with Crippen LogP contribution in [0.15, 0.2) is 29.3 Å². The van der Waals surface area contributed by atoms with Crippen molar-refractivity contribution in [2.75, 3.05) is 38.5 Å². The molecule has 2 fully saturated rings. The van der Waals surface area contributed by atoms with Crippen molar-refractivity contribution in [2.45, 2.75) is 31.7 Å². The highest BCUT2D eigenvalue weighted by atomic mass is 16.3. The molecule has 0 radical (unpaired) electrons. The molecule has 1 aromatic carbocycles. The molecule has 2 aliphatic rings. The second kappa shape index (κ2) is 7.01. The lowest BCUT2D eigenvalue weighted by Crippen LogP contribution is -2.49. The van der Waals surface area contributed by atoms with Crippen molar-refractivity contribution in [3.8, 4) is 5.75 Å². The Hall–Kier alpha value is -1.75. The molecule has 5 heteroatoms. The predicted octanol–water partition coefficient (Wildman–Crippen LogP) is 2.35. The van der Waals surface area contributed by atoms with Crippen LogP contribution in [-0.4, -0.2) is 60.1 Å². The van der Waals surface area contributed by atoms with Crippen molar-refractivity contribution in [1.82, 2.24) is 9.80 Å². The largest absolute Gasteiger partial charge is 0.508 e. The van der Waals surface area contributed by atoms with Crippen LogP contribution in [0.25, 0.3) is 0 Å². The van der Waals surface area contributed by atoms with E-state index < -0.39 is 0 Å². The summed E-state index contributed by atoms with van der Waals surface area (Å²) in [7, 11) is 2.17. The van der Waals surface area contributed by atoms with Crippen molar-refractivity contribution >= 4 is 11.6 Å². The van der Waals surface area contributed by atoms with E-state index >= 15 is 0 Å². The van der Waals surface area contributed by atoms with Crippen LogP contribution in [0.4, 0.5) is 5.69 Å². The second-order valence-corrected chi connectivity index (χ2v) is 6.35. The van der Waals surface area contributed by atoms with Crippen molar-refractivity contribution in [3.63, 3.8) is 0 Å². The van der Waals surface area contributed by atoms with Crippen molar-refractivity contribution in [1.29, 1.82) is 0 Å². The second-order valence-electron chi connectivity index (χ2n) is 6.35. The molecule has 0 aromatic heterocycles. The summed E-state index contributed by atoms with van der Waals surface area (Å²) in [5.41, 5.74) is 0.980. The third-order valence-electron chi connectivity index (χ3n) is 4.56. The third-order valence-corrected chi connectivity index (χ3v) is 4.56. The molecule has 2 N–H and O–H groups in total. The molecular formula is C17H26N4O. The minimum Gasteiger partial charge on any atom is -0.508 e. The summed E-state index contributed by atoms with van der Waals surface area (Å²) >= 11 is 0. The topological polar surface area (TPSA) is 51.1 Å². The van der Waals surface area contributed by atoms with E-state index in [-0.39, 0.29) is 0 Å². The Bertz CT molecular complexity index is 500. The molecule has 0 bridgehead atoms. The molecule has 1 heterocycles. The number of aromatic hydroxyl groups is 1. The maximum Gasteiger partial charge on any atom is 0.198 e. The Kier molecular flexibility index (Phi) is 4.83. The number of hydrogen-bond donors (Lipinski definition) is 2. The number of rotatable bonds is 2. The fourth-order valence-corrected chi connectivity index (χ4v) is 3.09. The van der Waals surface area contributed by atoms with E-state index in [2.05, 4.69) is 22.2 Å². The Balaban J connectivity index is 1.74. The van der Waals surface area contributed by atoms with Crippen molar-refractivity contribution in [3.05, 3.63) is 24.3 Å². The quantitative estimate of drug-likeness (QED) is 0.500. The van der Waals surface area contributed by atoms with Gasteiger partial charge in [0, 0.05) is 31.9 Å². The van der Waals surface area contributed by atoms with Gasteiger partial charge in [-0.1, -0.05) is 12.8 Å². The highest BCUT2D eigenvalue weighted by Crippen LogP contribution is 2.22. The molecular weight excluding hydrogens is 276 g/mol. The molecule has 0 spiro atoms. The van der Waals surface area contributed by atoms with Gasteiger partial charge in [-0.25, -0.2) is 4.99 Å². The van der Waals surface area contributed by atoms with Crippen LogP contribution < -0.4 is 5.32 Å². The minimum absolute atomic E-state index is 0.291. The van der Waals surface area contributed by atoms with Crippen LogP contribution >= 0.6 is 0 Å². The number of benzene rings is 1. The van der Waals surface area contributed by atoms with Gasteiger partial charge in [0.2, 0.25) is 0 Å².